The molecule has 1 amide bonds. The molecule has 1 fully saturated rings. The van der Waals surface area contributed by atoms with Crippen molar-refractivity contribution in [2.45, 2.75) is 77.8 Å². The van der Waals surface area contributed by atoms with Crippen molar-refractivity contribution in [1.29, 1.82) is 0 Å². The van der Waals surface area contributed by atoms with E-state index >= 15 is 0 Å². The fourth-order valence-corrected chi connectivity index (χ4v) is 4.11. The van der Waals surface area contributed by atoms with Crippen LogP contribution in [-0.4, -0.2) is 17.5 Å². The SMILES string of the molecule is CCCCC(CC1CCCCC1)C(=O)N(CN)Cc1ccc(CN)cc1. The average molecular weight is 360 g/mol. The highest BCUT2D eigenvalue weighted by atomic mass is 16.2. The van der Waals surface area contributed by atoms with Crippen LogP contribution in [0.3, 0.4) is 0 Å². The number of benzene rings is 1. The summed E-state index contributed by atoms with van der Waals surface area (Å²) in [6.45, 7) is 3.61. The summed E-state index contributed by atoms with van der Waals surface area (Å²) in [4.78, 5) is 15.0. The monoisotopic (exact) mass is 359 g/mol. The summed E-state index contributed by atoms with van der Waals surface area (Å²) < 4.78 is 0. The van der Waals surface area contributed by atoms with Crippen LogP contribution >= 0.6 is 0 Å². The summed E-state index contributed by atoms with van der Waals surface area (Å²) in [5, 5.41) is 0. The lowest BCUT2D eigenvalue weighted by molar-refractivity contribution is -0.137. The summed E-state index contributed by atoms with van der Waals surface area (Å²) >= 11 is 0. The molecular formula is C22H37N3O. The Balaban J connectivity index is 2.01. The van der Waals surface area contributed by atoms with E-state index in [4.69, 9.17) is 11.5 Å². The number of nitrogens with two attached hydrogens (primary N) is 2. The van der Waals surface area contributed by atoms with Crippen molar-refractivity contribution in [2.75, 3.05) is 6.67 Å². The normalized spacial score (nSPS) is 16.4. The number of hydrogen-bond acceptors (Lipinski definition) is 3. The van der Waals surface area contributed by atoms with E-state index in [1.807, 2.05) is 17.0 Å². The zero-order chi connectivity index (χ0) is 18.8. The smallest absolute Gasteiger partial charge is 0.227 e. The van der Waals surface area contributed by atoms with Crippen molar-refractivity contribution in [2.24, 2.45) is 23.3 Å². The molecule has 1 aliphatic rings. The Labute approximate surface area is 159 Å². The first-order valence-corrected chi connectivity index (χ1v) is 10.4. The first-order chi connectivity index (χ1) is 12.7. The number of carbonyl (C=O) groups excluding carboxylic acids is 1. The van der Waals surface area contributed by atoms with E-state index in [0.29, 0.717) is 13.1 Å². The first kappa shape index (κ1) is 20.9. The Morgan fingerprint density at radius 3 is 2.35 bits per heavy atom. The van der Waals surface area contributed by atoms with Crippen LogP contribution in [0.5, 0.6) is 0 Å². The maximum Gasteiger partial charge on any atom is 0.227 e. The van der Waals surface area contributed by atoms with E-state index in [-0.39, 0.29) is 18.5 Å². The highest BCUT2D eigenvalue weighted by molar-refractivity contribution is 5.78. The van der Waals surface area contributed by atoms with Gasteiger partial charge in [-0.1, -0.05) is 76.1 Å². The van der Waals surface area contributed by atoms with E-state index in [9.17, 15) is 4.79 Å². The Hall–Kier alpha value is -1.39. The van der Waals surface area contributed by atoms with Crippen LogP contribution in [0.1, 0.15) is 75.8 Å². The summed E-state index contributed by atoms with van der Waals surface area (Å²) in [6.07, 6.45) is 10.9. The minimum atomic E-state index is 0.130. The second kappa shape index (κ2) is 11.3. The van der Waals surface area contributed by atoms with Gasteiger partial charge in [-0.2, -0.15) is 0 Å². The van der Waals surface area contributed by atoms with Crippen LogP contribution in [0.15, 0.2) is 24.3 Å². The summed E-state index contributed by atoms with van der Waals surface area (Å²) in [7, 11) is 0. The van der Waals surface area contributed by atoms with Crippen molar-refractivity contribution in [1.82, 2.24) is 4.90 Å². The van der Waals surface area contributed by atoms with Crippen molar-refractivity contribution in [3.8, 4) is 0 Å². The predicted molar refractivity (Wildman–Crippen MR) is 108 cm³/mol. The fraction of sp³-hybridized carbons (Fsp3) is 0.682. The zero-order valence-corrected chi connectivity index (χ0v) is 16.5. The molecule has 4 nitrogen and oxygen atoms in total. The van der Waals surface area contributed by atoms with Gasteiger partial charge >= 0.3 is 0 Å². The second-order valence-electron chi connectivity index (χ2n) is 7.82. The van der Waals surface area contributed by atoms with Crippen LogP contribution in [0.25, 0.3) is 0 Å². The molecule has 0 spiro atoms. The number of carbonyl (C=O) groups is 1. The predicted octanol–water partition coefficient (Wildman–Crippen LogP) is 4.17. The van der Waals surface area contributed by atoms with Gasteiger partial charge in [0.25, 0.3) is 0 Å². The number of hydrogen-bond donors (Lipinski definition) is 2. The Kier molecular flexibility index (Phi) is 9.13. The topological polar surface area (TPSA) is 72.3 Å². The molecule has 26 heavy (non-hydrogen) atoms. The van der Waals surface area contributed by atoms with Gasteiger partial charge in [-0.3, -0.25) is 4.79 Å². The minimum absolute atomic E-state index is 0.130. The van der Waals surface area contributed by atoms with E-state index in [1.54, 1.807) is 0 Å². The molecule has 1 aliphatic carbocycles. The van der Waals surface area contributed by atoms with Gasteiger partial charge in [-0.05, 0) is 29.9 Å². The van der Waals surface area contributed by atoms with Gasteiger partial charge in [0.15, 0.2) is 0 Å². The first-order valence-electron chi connectivity index (χ1n) is 10.4. The van der Waals surface area contributed by atoms with Gasteiger partial charge in [-0.25, -0.2) is 0 Å². The molecule has 2 rings (SSSR count). The summed E-state index contributed by atoms with van der Waals surface area (Å²) in [5.41, 5.74) is 13.9. The second-order valence-corrected chi connectivity index (χ2v) is 7.82. The molecule has 1 unspecified atom stereocenters. The van der Waals surface area contributed by atoms with Gasteiger partial charge in [0, 0.05) is 19.0 Å². The van der Waals surface area contributed by atoms with E-state index in [0.717, 1.165) is 42.7 Å². The van der Waals surface area contributed by atoms with Crippen LogP contribution in [-0.2, 0) is 17.9 Å². The molecule has 0 heterocycles. The molecule has 1 aromatic carbocycles. The van der Waals surface area contributed by atoms with Crippen molar-refractivity contribution in [3.63, 3.8) is 0 Å². The molecule has 1 atom stereocenters. The van der Waals surface area contributed by atoms with E-state index < -0.39 is 0 Å². The quantitative estimate of drug-likeness (QED) is 0.616. The molecule has 0 aliphatic heterocycles. The molecule has 1 saturated carbocycles. The van der Waals surface area contributed by atoms with Crippen molar-refractivity contribution >= 4 is 5.91 Å². The number of unbranched alkanes of at least 4 members (excludes halogenated alkanes) is 1. The number of nitrogens with zero attached hydrogens (tertiary/aromatic N) is 1. The summed E-state index contributed by atoms with van der Waals surface area (Å²) in [5.74, 6) is 1.09. The van der Waals surface area contributed by atoms with Crippen molar-refractivity contribution < 1.29 is 4.79 Å². The van der Waals surface area contributed by atoms with Crippen LogP contribution in [0.4, 0.5) is 0 Å². The third-order valence-electron chi connectivity index (χ3n) is 5.76. The van der Waals surface area contributed by atoms with Crippen LogP contribution in [0, 0.1) is 11.8 Å². The van der Waals surface area contributed by atoms with E-state index in [2.05, 4.69) is 19.1 Å². The highest BCUT2D eigenvalue weighted by Crippen LogP contribution is 2.31. The molecular weight excluding hydrogens is 322 g/mol. The van der Waals surface area contributed by atoms with Crippen LogP contribution in [0.2, 0.25) is 0 Å². The Morgan fingerprint density at radius 2 is 1.77 bits per heavy atom. The van der Waals surface area contributed by atoms with E-state index in [1.165, 1.54) is 32.1 Å². The van der Waals surface area contributed by atoms with Gasteiger partial charge in [0.05, 0.1) is 6.67 Å². The number of rotatable bonds is 10. The molecule has 0 radical (unpaired) electrons. The zero-order valence-electron chi connectivity index (χ0n) is 16.5. The maximum absolute atomic E-state index is 13.2. The Morgan fingerprint density at radius 1 is 1.12 bits per heavy atom. The third kappa shape index (κ3) is 6.40. The molecule has 0 bridgehead atoms. The molecule has 4 N–H and O–H groups in total. The lowest BCUT2D eigenvalue weighted by Gasteiger charge is -2.30. The van der Waals surface area contributed by atoms with Gasteiger partial charge in [0.1, 0.15) is 0 Å². The maximum atomic E-state index is 13.2. The van der Waals surface area contributed by atoms with Gasteiger partial charge in [-0.15, -0.1) is 0 Å². The lowest BCUT2D eigenvalue weighted by atomic mass is 9.81. The average Bonchev–Trinajstić information content (AvgIpc) is 2.70. The standard InChI is InChI=1S/C22H37N3O/c1-2-3-9-21(14-18-7-5-4-6-8-18)22(26)25(17-24)16-20-12-10-19(15-23)11-13-20/h10-13,18,21H,2-9,14-17,23-24H2,1H3. The summed E-state index contributed by atoms with van der Waals surface area (Å²) in [6, 6.07) is 8.18. The van der Waals surface area contributed by atoms with Crippen molar-refractivity contribution in [3.05, 3.63) is 35.4 Å². The minimum Gasteiger partial charge on any atom is -0.326 e. The molecule has 0 saturated heterocycles. The van der Waals surface area contributed by atoms with Crippen LogP contribution < -0.4 is 11.5 Å². The van der Waals surface area contributed by atoms with Gasteiger partial charge in [0.2, 0.25) is 5.91 Å². The molecule has 4 heteroatoms. The molecule has 1 aromatic rings. The molecule has 0 aromatic heterocycles. The molecule has 146 valence electrons. The number of amides is 1. The largest absolute Gasteiger partial charge is 0.326 e. The Bertz CT molecular complexity index is 523. The lowest BCUT2D eigenvalue weighted by Crippen LogP contribution is -2.40. The highest BCUT2D eigenvalue weighted by Gasteiger charge is 2.27. The third-order valence-corrected chi connectivity index (χ3v) is 5.76. The fourth-order valence-electron chi connectivity index (χ4n) is 4.11. The van der Waals surface area contributed by atoms with Gasteiger partial charge < -0.3 is 16.4 Å².